The molecule has 1 aromatic heterocycles. The molecule has 0 saturated carbocycles. The first-order valence-electron chi connectivity index (χ1n) is 6.55. The van der Waals surface area contributed by atoms with Crippen molar-refractivity contribution >= 4 is 16.6 Å². The van der Waals surface area contributed by atoms with E-state index in [1.165, 1.54) is 0 Å². The number of allylic oxidation sites excluding steroid dienone is 2. The second-order valence-corrected chi connectivity index (χ2v) is 4.61. The first-order chi connectivity index (χ1) is 9.83. The zero-order valence-electron chi connectivity index (χ0n) is 11.0. The number of carbonyl (C=O) groups is 1. The van der Waals surface area contributed by atoms with Crippen LogP contribution in [-0.4, -0.2) is 5.78 Å². The summed E-state index contributed by atoms with van der Waals surface area (Å²) in [5.41, 5.74) is 0.708. The fourth-order valence-corrected chi connectivity index (χ4v) is 2.15. The highest BCUT2D eigenvalue weighted by molar-refractivity contribution is 6.06. The van der Waals surface area contributed by atoms with Crippen LogP contribution in [0.1, 0.15) is 16.1 Å². The Kier molecular flexibility index (Phi) is 3.46. The van der Waals surface area contributed by atoms with Crippen LogP contribution >= 0.6 is 0 Å². The highest BCUT2D eigenvalue weighted by Crippen LogP contribution is 2.16. The second-order valence-electron chi connectivity index (χ2n) is 4.61. The van der Waals surface area contributed by atoms with Crippen LogP contribution in [0.4, 0.5) is 0 Å². The van der Waals surface area contributed by atoms with Crippen molar-refractivity contribution in [3.8, 4) is 0 Å². The van der Waals surface area contributed by atoms with E-state index in [2.05, 4.69) is 0 Å². The van der Waals surface area contributed by atoms with E-state index in [1.54, 1.807) is 12.3 Å². The molecule has 0 saturated heterocycles. The Hall–Kier alpha value is -2.61. The molecule has 0 aliphatic rings. The minimum Gasteiger partial charge on any atom is -0.469 e. The fraction of sp³-hybridized carbons (Fsp3) is 0.0556. The standard InChI is InChI=1S/C18H14O2/c19-18(9-3-7-17-8-4-12-20-17)16-11-10-14-5-1-2-6-15(14)13-16/h1-6,8-13H,7H2/b9-3+. The summed E-state index contributed by atoms with van der Waals surface area (Å²) in [6.07, 6.45) is 5.70. The van der Waals surface area contributed by atoms with E-state index in [9.17, 15) is 4.79 Å². The molecule has 2 nitrogen and oxygen atoms in total. The van der Waals surface area contributed by atoms with Gasteiger partial charge in [-0.3, -0.25) is 4.79 Å². The molecule has 1 heterocycles. The highest BCUT2D eigenvalue weighted by Gasteiger charge is 2.02. The molecule has 2 heteroatoms. The van der Waals surface area contributed by atoms with Crippen molar-refractivity contribution in [2.45, 2.75) is 6.42 Å². The van der Waals surface area contributed by atoms with Gasteiger partial charge in [0.1, 0.15) is 5.76 Å². The van der Waals surface area contributed by atoms with E-state index in [0.717, 1.165) is 16.5 Å². The molecule has 0 bridgehead atoms. The highest BCUT2D eigenvalue weighted by atomic mass is 16.3. The van der Waals surface area contributed by atoms with E-state index in [0.29, 0.717) is 12.0 Å². The van der Waals surface area contributed by atoms with E-state index in [-0.39, 0.29) is 5.78 Å². The molecule has 3 aromatic rings. The lowest BCUT2D eigenvalue weighted by Gasteiger charge is -2.00. The molecule has 0 radical (unpaired) electrons. The number of fused-ring (bicyclic) bond motifs is 1. The molecule has 2 aromatic carbocycles. The molecule has 0 aliphatic heterocycles. The van der Waals surface area contributed by atoms with Crippen LogP contribution in [0.2, 0.25) is 0 Å². The van der Waals surface area contributed by atoms with E-state index < -0.39 is 0 Å². The third-order valence-electron chi connectivity index (χ3n) is 3.20. The monoisotopic (exact) mass is 262 g/mol. The topological polar surface area (TPSA) is 30.2 Å². The maximum atomic E-state index is 12.1. The van der Waals surface area contributed by atoms with Gasteiger partial charge in [-0.05, 0) is 35.0 Å². The number of carbonyl (C=O) groups excluding carboxylic acids is 1. The summed E-state index contributed by atoms with van der Waals surface area (Å²) < 4.78 is 5.22. The zero-order chi connectivity index (χ0) is 13.8. The molecule has 0 spiro atoms. The van der Waals surface area contributed by atoms with Crippen LogP contribution in [0.3, 0.4) is 0 Å². The van der Waals surface area contributed by atoms with Crippen LogP contribution in [0.15, 0.2) is 77.4 Å². The summed E-state index contributed by atoms with van der Waals surface area (Å²) in [6, 6.07) is 17.5. The Bertz CT molecular complexity index is 752. The predicted octanol–water partition coefficient (Wildman–Crippen LogP) is 4.41. The van der Waals surface area contributed by atoms with E-state index >= 15 is 0 Å². The van der Waals surface area contributed by atoms with Gasteiger partial charge in [0.2, 0.25) is 0 Å². The molecule has 0 unspecified atom stereocenters. The Morgan fingerprint density at radius 3 is 2.65 bits per heavy atom. The summed E-state index contributed by atoms with van der Waals surface area (Å²) in [5, 5.41) is 2.22. The van der Waals surface area contributed by atoms with Crippen molar-refractivity contribution in [3.05, 3.63) is 84.3 Å². The van der Waals surface area contributed by atoms with Gasteiger partial charge in [0.25, 0.3) is 0 Å². The molecule has 0 N–H and O–H groups in total. The lowest BCUT2D eigenvalue weighted by Crippen LogP contribution is -1.94. The van der Waals surface area contributed by atoms with Gasteiger partial charge in [-0.15, -0.1) is 0 Å². The Morgan fingerprint density at radius 2 is 1.85 bits per heavy atom. The average molecular weight is 262 g/mol. The summed E-state index contributed by atoms with van der Waals surface area (Å²) in [5.74, 6) is 0.870. The molecular weight excluding hydrogens is 248 g/mol. The zero-order valence-corrected chi connectivity index (χ0v) is 11.0. The molecular formula is C18H14O2. The number of hydrogen-bond acceptors (Lipinski definition) is 2. The number of hydrogen-bond donors (Lipinski definition) is 0. The van der Waals surface area contributed by atoms with Gasteiger partial charge >= 0.3 is 0 Å². The summed E-state index contributed by atoms with van der Waals surface area (Å²) in [4.78, 5) is 12.1. The van der Waals surface area contributed by atoms with Crippen LogP contribution < -0.4 is 0 Å². The van der Waals surface area contributed by atoms with Crippen LogP contribution in [0, 0.1) is 0 Å². The molecule has 0 amide bonds. The fourth-order valence-electron chi connectivity index (χ4n) is 2.15. The first kappa shape index (κ1) is 12.4. The molecule has 20 heavy (non-hydrogen) atoms. The van der Waals surface area contributed by atoms with Crippen LogP contribution in [-0.2, 0) is 6.42 Å². The lowest BCUT2D eigenvalue weighted by molar-refractivity contribution is 0.104. The number of rotatable bonds is 4. The van der Waals surface area contributed by atoms with Gasteiger partial charge < -0.3 is 4.42 Å². The number of ketones is 1. The van der Waals surface area contributed by atoms with Gasteiger partial charge in [0.15, 0.2) is 5.78 Å². The van der Waals surface area contributed by atoms with Crippen molar-refractivity contribution < 1.29 is 9.21 Å². The van der Waals surface area contributed by atoms with Crippen molar-refractivity contribution in [3.63, 3.8) is 0 Å². The van der Waals surface area contributed by atoms with Gasteiger partial charge in [0.05, 0.1) is 6.26 Å². The normalized spacial score (nSPS) is 11.2. The van der Waals surface area contributed by atoms with Crippen molar-refractivity contribution in [1.82, 2.24) is 0 Å². The van der Waals surface area contributed by atoms with Crippen LogP contribution in [0.25, 0.3) is 10.8 Å². The van der Waals surface area contributed by atoms with Gasteiger partial charge in [-0.1, -0.05) is 42.5 Å². The first-order valence-corrected chi connectivity index (χ1v) is 6.55. The minimum absolute atomic E-state index is 0.0160. The quantitative estimate of drug-likeness (QED) is 0.515. The second kappa shape index (κ2) is 5.57. The smallest absolute Gasteiger partial charge is 0.185 e. The number of benzene rings is 2. The Labute approximate surface area is 117 Å². The van der Waals surface area contributed by atoms with Crippen molar-refractivity contribution in [2.75, 3.05) is 0 Å². The third-order valence-corrected chi connectivity index (χ3v) is 3.20. The van der Waals surface area contributed by atoms with Gasteiger partial charge in [-0.25, -0.2) is 0 Å². The van der Waals surface area contributed by atoms with Gasteiger partial charge in [0, 0.05) is 12.0 Å². The summed E-state index contributed by atoms with van der Waals surface area (Å²) in [7, 11) is 0. The Morgan fingerprint density at radius 1 is 1.00 bits per heavy atom. The third kappa shape index (κ3) is 2.69. The largest absolute Gasteiger partial charge is 0.469 e. The summed E-state index contributed by atoms with van der Waals surface area (Å²) >= 11 is 0. The minimum atomic E-state index is 0.0160. The van der Waals surface area contributed by atoms with E-state index in [1.807, 2.05) is 60.7 Å². The molecule has 0 fully saturated rings. The predicted molar refractivity (Wildman–Crippen MR) is 79.8 cm³/mol. The molecule has 0 atom stereocenters. The van der Waals surface area contributed by atoms with Crippen LogP contribution in [0.5, 0.6) is 0 Å². The average Bonchev–Trinajstić information content (AvgIpc) is 3.00. The Balaban J connectivity index is 1.76. The van der Waals surface area contributed by atoms with Crippen molar-refractivity contribution in [1.29, 1.82) is 0 Å². The maximum Gasteiger partial charge on any atom is 0.185 e. The maximum absolute atomic E-state index is 12.1. The van der Waals surface area contributed by atoms with E-state index in [4.69, 9.17) is 4.42 Å². The summed E-state index contributed by atoms with van der Waals surface area (Å²) in [6.45, 7) is 0. The van der Waals surface area contributed by atoms with Gasteiger partial charge in [-0.2, -0.15) is 0 Å². The number of furan rings is 1. The molecule has 98 valence electrons. The molecule has 3 rings (SSSR count). The lowest BCUT2D eigenvalue weighted by atomic mass is 10.0. The molecule has 0 aliphatic carbocycles. The van der Waals surface area contributed by atoms with Crippen molar-refractivity contribution in [2.24, 2.45) is 0 Å². The SMILES string of the molecule is O=C(/C=C/Cc1ccco1)c1ccc2ccccc2c1.